The van der Waals surface area contributed by atoms with Gasteiger partial charge >= 0.3 is 12.1 Å². The first-order valence-corrected chi connectivity index (χ1v) is 6.67. The lowest BCUT2D eigenvalue weighted by Crippen LogP contribution is -2.31. The fraction of sp³-hybridized carbons (Fsp3) is 0.200. The topological polar surface area (TPSA) is 98.8 Å². The van der Waals surface area contributed by atoms with E-state index in [-0.39, 0.29) is 10.6 Å². The summed E-state index contributed by atoms with van der Waals surface area (Å²) < 4.78 is 34.2. The van der Waals surface area contributed by atoms with Crippen molar-refractivity contribution in [2.75, 3.05) is 14.2 Å². The minimum Gasteiger partial charge on any atom is -0.465 e. The number of sulfonamides is 1. The van der Waals surface area contributed by atoms with Crippen molar-refractivity contribution >= 4 is 33.7 Å². The van der Waals surface area contributed by atoms with Crippen LogP contribution in [0.25, 0.3) is 0 Å². The molecule has 0 aliphatic heterocycles. The molecule has 1 N–H and O–H groups in total. The summed E-state index contributed by atoms with van der Waals surface area (Å²) in [5.41, 5.74) is -0.286. The van der Waals surface area contributed by atoms with Crippen molar-refractivity contribution in [2.45, 2.75) is 4.90 Å². The Bertz CT molecular complexity index is 612. The van der Waals surface area contributed by atoms with E-state index < -0.39 is 27.0 Å². The first-order valence-electron chi connectivity index (χ1n) is 4.81. The number of hydrogen-bond acceptors (Lipinski definition) is 6. The highest BCUT2D eigenvalue weighted by atomic mass is 35.5. The quantitative estimate of drug-likeness (QED) is 0.842. The number of carbonyl (C=O) groups excluding carboxylic acids is 2. The van der Waals surface area contributed by atoms with Crippen LogP contribution in [0.1, 0.15) is 10.4 Å². The molecular weight excluding hydrogens is 298 g/mol. The molecule has 0 saturated heterocycles. The molecule has 1 rings (SSSR count). The van der Waals surface area contributed by atoms with Gasteiger partial charge in [-0.05, 0) is 12.1 Å². The molecule has 0 spiro atoms. The van der Waals surface area contributed by atoms with Gasteiger partial charge in [-0.1, -0.05) is 17.7 Å². The summed E-state index contributed by atoms with van der Waals surface area (Å²) >= 11 is 5.76. The number of carbonyl (C=O) groups is 2. The third-order valence-corrected chi connectivity index (χ3v) is 3.88. The SMILES string of the molecule is COC(=O)NS(=O)(=O)c1c(Cl)cccc1C(=O)OC. The van der Waals surface area contributed by atoms with Gasteiger partial charge in [-0.15, -0.1) is 0 Å². The number of methoxy groups -OCH3 is 2. The molecule has 0 atom stereocenters. The van der Waals surface area contributed by atoms with Crippen molar-refractivity contribution in [3.63, 3.8) is 0 Å². The Balaban J connectivity index is 3.41. The molecule has 0 radical (unpaired) electrons. The molecule has 0 aliphatic carbocycles. The third kappa shape index (κ3) is 3.36. The second-order valence-electron chi connectivity index (χ2n) is 3.21. The van der Waals surface area contributed by atoms with Gasteiger partial charge in [-0.2, -0.15) is 0 Å². The second-order valence-corrected chi connectivity index (χ2v) is 5.23. The van der Waals surface area contributed by atoms with Crippen LogP contribution in [0.3, 0.4) is 0 Å². The lowest BCUT2D eigenvalue weighted by atomic mass is 10.2. The second kappa shape index (κ2) is 5.89. The van der Waals surface area contributed by atoms with E-state index in [1.807, 2.05) is 0 Å². The number of halogens is 1. The smallest absolute Gasteiger partial charge is 0.420 e. The number of amides is 1. The Morgan fingerprint density at radius 1 is 1.21 bits per heavy atom. The Morgan fingerprint density at radius 2 is 1.84 bits per heavy atom. The monoisotopic (exact) mass is 307 g/mol. The van der Waals surface area contributed by atoms with Gasteiger partial charge in [0.1, 0.15) is 4.90 Å². The molecular formula is C10H10ClNO6S. The Labute approximate surface area is 114 Å². The van der Waals surface area contributed by atoms with Crippen molar-refractivity contribution in [3.05, 3.63) is 28.8 Å². The molecule has 9 heteroatoms. The van der Waals surface area contributed by atoms with Crippen LogP contribution in [0.5, 0.6) is 0 Å². The maximum Gasteiger partial charge on any atom is 0.420 e. The molecule has 19 heavy (non-hydrogen) atoms. The van der Waals surface area contributed by atoms with Gasteiger partial charge in [0.05, 0.1) is 24.8 Å². The van der Waals surface area contributed by atoms with Crippen LogP contribution in [0.15, 0.2) is 23.1 Å². The van der Waals surface area contributed by atoms with Gasteiger partial charge in [0.2, 0.25) is 0 Å². The van der Waals surface area contributed by atoms with Crippen molar-refractivity contribution in [3.8, 4) is 0 Å². The molecule has 1 aromatic carbocycles. The van der Waals surface area contributed by atoms with Crippen molar-refractivity contribution in [1.29, 1.82) is 0 Å². The fourth-order valence-corrected chi connectivity index (χ4v) is 2.90. The van der Waals surface area contributed by atoms with E-state index in [9.17, 15) is 18.0 Å². The lowest BCUT2D eigenvalue weighted by molar-refractivity contribution is 0.0596. The predicted molar refractivity (Wildman–Crippen MR) is 65.5 cm³/mol. The third-order valence-electron chi connectivity index (χ3n) is 2.04. The molecule has 0 aliphatic rings. The zero-order valence-electron chi connectivity index (χ0n) is 9.97. The summed E-state index contributed by atoms with van der Waals surface area (Å²) in [5, 5.41) is -0.223. The van der Waals surface area contributed by atoms with E-state index in [4.69, 9.17) is 11.6 Å². The maximum atomic E-state index is 12.0. The summed E-state index contributed by atoms with van der Waals surface area (Å²) in [4.78, 5) is 21.9. The van der Waals surface area contributed by atoms with Crippen LogP contribution in [-0.2, 0) is 19.5 Å². The van der Waals surface area contributed by atoms with Crippen molar-refractivity contribution in [1.82, 2.24) is 4.72 Å². The molecule has 1 aromatic rings. The molecule has 0 saturated carbocycles. The molecule has 104 valence electrons. The van der Waals surface area contributed by atoms with Gasteiger partial charge in [0.25, 0.3) is 10.0 Å². The van der Waals surface area contributed by atoms with E-state index in [1.54, 1.807) is 4.72 Å². The molecule has 0 fully saturated rings. The Hall–Kier alpha value is -1.80. The molecule has 1 amide bonds. The van der Waals surface area contributed by atoms with Crippen LogP contribution in [0.4, 0.5) is 4.79 Å². The van der Waals surface area contributed by atoms with Gasteiger partial charge in [0.15, 0.2) is 0 Å². The molecule has 0 unspecified atom stereocenters. The number of rotatable bonds is 3. The van der Waals surface area contributed by atoms with E-state index in [1.165, 1.54) is 18.2 Å². The first-order chi connectivity index (χ1) is 8.83. The standard InChI is InChI=1S/C10H10ClNO6S/c1-17-9(13)6-4-3-5-7(11)8(6)19(15,16)12-10(14)18-2/h3-5H,1-2H3,(H,12,14). The predicted octanol–water partition coefficient (Wildman–Crippen LogP) is 1.17. The molecule has 0 heterocycles. The highest BCUT2D eigenvalue weighted by Crippen LogP contribution is 2.25. The summed E-state index contributed by atoms with van der Waals surface area (Å²) in [6, 6.07) is 3.86. The Morgan fingerprint density at radius 3 is 2.37 bits per heavy atom. The normalized spacial score (nSPS) is 10.7. The Kier molecular flexibility index (Phi) is 4.73. The van der Waals surface area contributed by atoms with E-state index in [0.717, 1.165) is 14.2 Å². The average Bonchev–Trinajstić information content (AvgIpc) is 2.36. The van der Waals surface area contributed by atoms with Crippen molar-refractivity contribution < 1.29 is 27.5 Å². The minimum atomic E-state index is -4.35. The first kappa shape index (κ1) is 15.3. The highest BCUT2D eigenvalue weighted by molar-refractivity contribution is 7.90. The number of hydrogen-bond donors (Lipinski definition) is 1. The fourth-order valence-electron chi connectivity index (χ4n) is 1.26. The van der Waals surface area contributed by atoms with Gasteiger partial charge in [0, 0.05) is 0 Å². The number of esters is 1. The van der Waals surface area contributed by atoms with Crippen LogP contribution in [-0.4, -0.2) is 34.7 Å². The van der Waals surface area contributed by atoms with Gasteiger partial charge < -0.3 is 9.47 Å². The maximum absolute atomic E-state index is 12.0. The van der Waals surface area contributed by atoms with E-state index >= 15 is 0 Å². The molecule has 7 nitrogen and oxygen atoms in total. The van der Waals surface area contributed by atoms with E-state index in [0.29, 0.717) is 0 Å². The van der Waals surface area contributed by atoms with Crippen LogP contribution < -0.4 is 4.72 Å². The zero-order chi connectivity index (χ0) is 14.6. The number of ether oxygens (including phenoxy) is 2. The van der Waals surface area contributed by atoms with Crippen LogP contribution >= 0.6 is 11.6 Å². The van der Waals surface area contributed by atoms with Crippen LogP contribution in [0.2, 0.25) is 5.02 Å². The largest absolute Gasteiger partial charge is 0.465 e. The number of benzene rings is 1. The van der Waals surface area contributed by atoms with E-state index in [2.05, 4.69) is 9.47 Å². The average molecular weight is 308 g/mol. The minimum absolute atomic E-state index is 0.223. The highest BCUT2D eigenvalue weighted by Gasteiger charge is 2.28. The van der Waals surface area contributed by atoms with Gasteiger partial charge in [-0.25, -0.2) is 22.7 Å². The lowest BCUT2D eigenvalue weighted by Gasteiger charge is -2.11. The van der Waals surface area contributed by atoms with Gasteiger partial charge in [-0.3, -0.25) is 0 Å². The number of nitrogens with one attached hydrogen (secondary N) is 1. The zero-order valence-corrected chi connectivity index (χ0v) is 11.5. The summed E-state index contributed by atoms with van der Waals surface area (Å²) in [6.45, 7) is 0. The summed E-state index contributed by atoms with van der Waals surface area (Å²) in [6.07, 6.45) is -1.20. The van der Waals surface area contributed by atoms with Crippen molar-refractivity contribution in [2.24, 2.45) is 0 Å². The summed E-state index contributed by atoms with van der Waals surface area (Å²) in [7, 11) is -2.26. The van der Waals surface area contributed by atoms with Crippen LogP contribution in [0, 0.1) is 0 Å². The summed E-state index contributed by atoms with van der Waals surface area (Å²) in [5.74, 6) is -0.896. The molecule has 0 bridgehead atoms. The molecule has 0 aromatic heterocycles.